The fraction of sp³-hybridized carbons (Fsp3) is 0.643. The van der Waals surface area contributed by atoms with Crippen molar-refractivity contribution in [2.75, 3.05) is 38.0 Å². The number of hydrogen-bond acceptors (Lipinski definition) is 5. The summed E-state index contributed by atoms with van der Waals surface area (Å²) in [6, 6.07) is 0. The summed E-state index contributed by atoms with van der Waals surface area (Å²) >= 11 is 0. The number of carbonyl (C=O) groups is 1. The molecule has 112 valence electrons. The molecule has 0 spiro atoms. The molecule has 6 heteroatoms. The molecule has 1 amide bonds. The third kappa shape index (κ3) is 5.52. The number of carbonyl (C=O) groups excluding carboxylic acids is 1. The van der Waals surface area contributed by atoms with Crippen LogP contribution in [-0.2, 0) is 0 Å². The van der Waals surface area contributed by atoms with E-state index in [0.29, 0.717) is 18.1 Å². The lowest BCUT2D eigenvalue weighted by Crippen LogP contribution is -2.30. The maximum absolute atomic E-state index is 11.8. The van der Waals surface area contributed by atoms with Gasteiger partial charge in [-0.05, 0) is 33.0 Å². The largest absolute Gasteiger partial charge is 0.369 e. The van der Waals surface area contributed by atoms with Crippen molar-refractivity contribution in [3.8, 4) is 0 Å². The SMILES string of the molecule is CCNc1cnc(C(=O)NCCCN(CC)CC)cn1. The van der Waals surface area contributed by atoms with E-state index in [1.54, 1.807) is 6.20 Å². The van der Waals surface area contributed by atoms with Gasteiger partial charge in [-0.1, -0.05) is 13.8 Å². The molecule has 1 aromatic heterocycles. The number of aromatic nitrogens is 2. The van der Waals surface area contributed by atoms with Gasteiger partial charge in [0.2, 0.25) is 0 Å². The molecule has 0 unspecified atom stereocenters. The highest BCUT2D eigenvalue weighted by Gasteiger charge is 2.07. The molecular formula is C14H25N5O. The molecule has 0 aliphatic carbocycles. The van der Waals surface area contributed by atoms with Gasteiger partial charge in [-0.2, -0.15) is 0 Å². The number of hydrogen-bond donors (Lipinski definition) is 2. The van der Waals surface area contributed by atoms with Gasteiger partial charge >= 0.3 is 0 Å². The van der Waals surface area contributed by atoms with Gasteiger partial charge in [-0.25, -0.2) is 9.97 Å². The molecule has 0 saturated carbocycles. The second-order valence-electron chi connectivity index (χ2n) is 4.45. The van der Waals surface area contributed by atoms with Crippen molar-refractivity contribution in [2.24, 2.45) is 0 Å². The zero-order chi connectivity index (χ0) is 14.8. The number of nitrogens with zero attached hydrogens (tertiary/aromatic N) is 3. The minimum absolute atomic E-state index is 0.167. The lowest BCUT2D eigenvalue weighted by molar-refractivity contribution is 0.0946. The minimum atomic E-state index is -0.167. The van der Waals surface area contributed by atoms with Crippen LogP contribution in [0.3, 0.4) is 0 Å². The summed E-state index contributed by atoms with van der Waals surface area (Å²) < 4.78 is 0. The number of nitrogens with one attached hydrogen (secondary N) is 2. The van der Waals surface area contributed by atoms with Crippen LogP contribution in [0.5, 0.6) is 0 Å². The van der Waals surface area contributed by atoms with E-state index >= 15 is 0 Å². The van der Waals surface area contributed by atoms with E-state index in [9.17, 15) is 4.79 Å². The standard InChI is InChI=1S/C14H25N5O/c1-4-15-13-11-17-12(10-18-13)14(20)16-8-7-9-19(5-2)6-3/h10-11H,4-9H2,1-3H3,(H,15,18)(H,16,20). The zero-order valence-electron chi connectivity index (χ0n) is 12.6. The predicted octanol–water partition coefficient (Wildman–Crippen LogP) is 1.37. The second-order valence-corrected chi connectivity index (χ2v) is 4.45. The highest BCUT2D eigenvalue weighted by molar-refractivity contribution is 5.91. The Balaban J connectivity index is 2.32. The molecule has 6 nitrogen and oxygen atoms in total. The smallest absolute Gasteiger partial charge is 0.271 e. The molecule has 2 N–H and O–H groups in total. The lowest BCUT2D eigenvalue weighted by Gasteiger charge is -2.17. The Morgan fingerprint density at radius 2 is 1.95 bits per heavy atom. The van der Waals surface area contributed by atoms with E-state index < -0.39 is 0 Å². The van der Waals surface area contributed by atoms with Crippen LogP contribution < -0.4 is 10.6 Å². The van der Waals surface area contributed by atoms with Gasteiger partial charge < -0.3 is 15.5 Å². The minimum Gasteiger partial charge on any atom is -0.369 e. The summed E-state index contributed by atoms with van der Waals surface area (Å²) in [6.45, 7) is 10.8. The molecule has 1 aromatic rings. The highest BCUT2D eigenvalue weighted by atomic mass is 16.1. The Labute approximate surface area is 121 Å². The Hall–Kier alpha value is -1.69. The molecule has 0 fully saturated rings. The molecule has 0 saturated heterocycles. The van der Waals surface area contributed by atoms with Crippen molar-refractivity contribution in [3.63, 3.8) is 0 Å². The number of amides is 1. The van der Waals surface area contributed by atoms with Crippen LogP contribution in [0.25, 0.3) is 0 Å². The number of anilines is 1. The van der Waals surface area contributed by atoms with E-state index in [4.69, 9.17) is 0 Å². The van der Waals surface area contributed by atoms with Gasteiger partial charge in [-0.3, -0.25) is 4.79 Å². The van der Waals surface area contributed by atoms with Crippen LogP contribution in [0, 0.1) is 0 Å². The Morgan fingerprint density at radius 3 is 2.50 bits per heavy atom. The fourth-order valence-corrected chi connectivity index (χ4v) is 1.85. The molecule has 0 bridgehead atoms. The van der Waals surface area contributed by atoms with Crippen LogP contribution in [0.15, 0.2) is 12.4 Å². The van der Waals surface area contributed by atoms with Crippen LogP contribution in [0.1, 0.15) is 37.7 Å². The van der Waals surface area contributed by atoms with Gasteiger partial charge in [-0.15, -0.1) is 0 Å². The maximum Gasteiger partial charge on any atom is 0.271 e. The molecule has 20 heavy (non-hydrogen) atoms. The average Bonchev–Trinajstić information content (AvgIpc) is 2.48. The van der Waals surface area contributed by atoms with Gasteiger partial charge in [0.25, 0.3) is 5.91 Å². The molecular weight excluding hydrogens is 254 g/mol. The van der Waals surface area contributed by atoms with E-state index in [-0.39, 0.29) is 5.91 Å². The molecule has 1 heterocycles. The molecule has 0 aliphatic rings. The van der Waals surface area contributed by atoms with Gasteiger partial charge in [0.15, 0.2) is 0 Å². The molecule has 0 atom stereocenters. The van der Waals surface area contributed by atoms with Crippen LogP contribution >= 0.6 is 0 Å². The third-order valence-corrected chi connectivity index (χ3v) is 3.07. The Morgan fingerprint density at radius 1 is 1.20 bits per heavy atom. The van der Waals surface area contributed by atoms with E-state index in [2.05, 4.69) is 39.3 Å². The monoisotopic (exact) mass is 279 g/mol. The average molecular weight is 279 g/mol. The summed E-state index contributed by atoms with van der Waals surface area (Å²) in [6.07, 6.45) is 4.02. The molecule has 1 rings (SSSR count). The van der Waals surface area contributed by atoms with Crippen molar-refractivity contribution < 1.29 is 4.79 Å². The quantitative estimate of drug-likeness (QED) is 0.668. The van der Waals surface area contributed by atoms with Gasteiger partial charge in [0.1, 0.15) is 11.5 Å². The first-order valence-corrected chi connectivity index (χ1v) is 7.27. The summed E-state index contributed by atoms with van der Waals surface area (Å²) in [5.41, 5.74) is 0.356. The molecule has 0 aliphatic heterocycles. The summed E-state index contributed by atoms with van der Waals surface area (Å²) in [4.78, 5) is 22.4. The normalized spacial score (nSPS) is 10.6. The molecule has 0 aromatic carbocycles. The van der Waals surface area contributed by atoms with Gasteiger partial charge in [0, 0.05) is 13.1 Å². The zero-order valence-corrected chi connectivity index (χ0v) is 12.6. The summed E-state index contributed by atoms with van der Waals surface area (Å²) in [7, 11) is 0. The van der Waals surface area contributed by atoms with Crippen LogP contribution in [0.4, 0.5) is 5.82 Å². The van der Waals surface area contributed by atoms with Crippen molar-refractivity contribution in [3.05, 3.63) is 18.1 Å². The topological polar surface area (TPSA) is 70.2 Å². The van der Waals surface area contributed by atoms with Crippen molar-refractivity contribution in [1.82, 2.24) is 20.2 Å². The third-order valence-electron chi connectivity index (χ3n) is 3.07. The first kappa shape index (κ1) is 16.4. The Bertz CT molecular complexity index is 389. The van der Waals surface area contributed by atoms with Crippen molar-refractivity contribution in [2.45, 2.75) is 27.2 Å². The van der Waals surface area contributed by atoms with Gasteiger partial charge in [0.05, 0.1) is 12.4 Å². The maximum atomic E-state index is 11.8. The van der Waals surface area contributed by atoms with Crippen molar-refractivity contribution in [1.29, 1.82) is 0 Å². The lowest BCUT2D eigenvalue weighted by atomic mass is 10.3. The second kappa shape index (κ2) is 9.25. The van der Waals surface area contributed by atoms with Crippen LogP contribution in [-0.4, -0.2) is 53.5 Å². The van der Waals surface area contributed by atoms with Crippen LogP contribution in [0.2, 0.25) is 0 Å². The van der Waals surface area contributed by atoms with E-state index in [1.165, 1.54) is 6.20 Å². The summed E-state index contributed by atoms with van der Waals surface area (Å²) in [5, 5.41) is 5.91. The first-order valence-electron chi connectivity index (χ1n) is 7.27. The fourth-order valence-electron chi connectivity index (χ4n) is 1.85. The van der Waals surface area contributed by atoms with E-state index in [0.717, 1.165) is 32.6 Å². The first-order chi connectivity index (χ1) is 9.71. The van der Waals surface area contributed by atoms with Crippen molar-refractivity contribution >= 4 is 11.7 Å². The van der Waals surface area contributed by atoms with E-state index in [1.807, 2.05) is 6.92 Å². The number of rotatable bonds is 9. The summed E-state index contributed by atoms with van der Waals surface area (Å²) in [5.74, 6) is 0.519. The predicted molar refractivity (Wildman–Crippen MR) is 80.9 cm³/mol. The Kier molecular flexibility index (Phi) is 7.57. The highest BCUT2D eigenvalue weighted by Crippen LogP contribution is 2.00. The molecule has 0 radical (unpaired) electrons.